The van der Waals surface area contributed by atoms with E-state index in [9.17, 15) is 14.4 Å². The number of hydrogen-bond donors (Lipinski definition) is 2. The fourth-order valence-electron chi connectivity index (χ4n) is 1.58. The number of carbonyl (C=O) groups is 3. The maximum Gasteiger partial charge on any atom is 0.305 e. The first kappa shape index (κ1) is 16.4. The van der Waals surface area contributed by atoms with Crippen LogP contribution in [0.1, 0.15) is 34.1 Å². The first-order valence-electron chi connectivity index (χ1n) is 6.07. The third-order valence-corrected chi connectivity index (χ3v) is 2.58. The Morgan fingerprint density at radius 2 is 1.83 bits per heavy atom. The Morgan fingerprint density at radius 3 is 2.17 bits per heavy atom. The van der Waals surface area contributed by atoms with Crippen LogP contribution in [0, 0.1) is 5.92 Å². The Balaban J connectivity index is 4.69. The van der Waals surface area contributed by atoms with Crippen molar-refractivity contribution in [1.82, 2.24) is 10.2 Å². The Hall–Kier alpha value is -1.59. The summed E-state index contributed by atoms with van der Waals surface area (Å²) < 4.78 is 0. The van der Waals surface area contributed by atoms with Crippen LogP contribution in [-0.4, -0.2) is 46.9 Å². The summed E-state index contributed by atoms with van der Waals surface area (Å²) in [6, 6.07) is -0.601. The number of amides is 2. The molecule has 0 aliphatic rings. The summed E-state index contributed by atoms with van der Waals surface area (Å²) in [5.41, 5.74) is 0. The largest absolute Gasteiger partial charge is 0.481 e. The monoisotopic (exact) mass is 258 g/mol. The van der Waals surface area contributed by atoms with Crippen LogP contribution in [0.3, 0.4) is 0 Å². The van der Waals surface area contributed by atoms with Gasteiger partial charge >= 0.3 is 5.97 Å². The minimum Gasteiger partial charge on any atom is -0.481 e. The van der Waals surface area contributed by atoms with Gasteiger partial charge < -0.3 is 15.3 Å². The number of carboxylic acids is 1. The number of hydrogen-bond acceptors (Lipinski definition) is 3. The number of aliphatic carboxylic acids is 1. The van der Waals surface area contributed by atoms with Gasteiger partial charge in [-0.2, -0.15) is 0 Å². The van der Waals surface area contributed by atoms with Crippen LogP contribution in [0.25, 0.3) is 0 Å². The van der Waals surface area contributed by atoms with Crippen molar-refractivity contribution < 1.29 is 19.5 Å². The summed E-state index contributed by atoms with van der Waals surface area (Å²) >= 11 is 0. The molecule has 1 atom stereocenters. The SMILES string of the molecule is CCN(CCC(=O)O)C(=O)C(NC(C)=O)C(C)C. The van der Waals surface area contributed by atoms with Crippen LogP contribution in [0.2, 0.25) is 0 Å². The first-order chi connectivity index (χ1) is 8.29. The lowest BCUT2D eigenvalue weighted by Gasteiger charge is -2.28. The zero-order valence-electron chi connectivity index (χ0n) is 11.4. The molecule has 104 valence electrons. The lowest BCUT2D eigenvalue weighted by molar-refractivity contribution is -0.140. The predicted molar refractivity (Wildman–Crippen MR) is 66.9 cm³/mol. The second kappa shape index (κ2) is 7.68. The van der Waals surface area contributed by atoms with Crippen molar-refractivity contribution in [3.8, 4) is 0 Å². The fourth-order valence-corrected chi connectivity index (χ4v) is 1.58. The predicted octanol–water partition coefficient (Wildman–Crippen LogP) is 0.470. The quantitative estimate of drug-likeness (QED) is 0.695. The lowest BCUT2D eigenvalue weighted by Crippen LogP contribution is -2.51. The highest BCUT2D eigenvalue weighted by Crippen LogP contribution is 2.07. The number of nitrogens with one attached hydrogen (secondary N) is 1. The van der Waals surface area contributed by atoms with Gasteiger partial charge in [-0.3, -0.25) is 14.4 Å². The van der Waals surface area contributed by atoms with E-state index in [1.165, 1.54) is 11.8 Å². The molecular weight excluding hydrogens is 236 g/mol. The molecule has 0 radical (unpaired) electrons. The van der Waals surface area contributed by atoms with E-state index >= 15 is 0 Å². The highest BCUT2D eigenvalue weighted by Gasteiger charge is 2.27. The second-order valence-corrected chi connectivity index (χ2v) is 4.48. The average Bonchev–Trinajstić information content (AvgIpc) is 2.25. The lowest BCUT2D eigenvalue weighted by atomic mass is 10.0. The van der Waals surface area contributed by atoms with Gasteiger partial charge in [0.05, 0.1) is 6.42 Å². The summed E-state index contributed by atoms with van der Waals surface area (Å²) in [5, 5.41) is 11.2. The van der Waals surface area contributed by atoms with Crippen LogP contribution in [0.4, 0.5) is 0 Å². The molecule has 6 heteroatoms. The van der Waals surface area contributed by atoms with Crippen LogP contribution in [0.5, 0.6) is 0 Å². The standard InChI is InChI=1S/C12H22N2O4/c1-5-14(7-6-10(16)17)12(18)11(8(2)3)13-9(4)15/h8,11H,5-7H2,1-4H3,(H,13,15)(H,16,17). The maximum absolute atomic E-state index is 12.2. The van der Waals surface area contributed by atoms with Crippen molar-refractivity contribution in [1.29, 1.82) is 0 Å². The molecule has 0 bridgehead atoms. The van der Waals surface area contributed by atoms with E-state index in [4.69, 9.17) is 5.11 Å². The molecule has 0 spiro atoms. The van der Waals surface area contributed by atoms with E-state index in [1.807, 2.05) is 13.8 Å². The van der Waals surface area contributed by atoms with Crippen molar-refractivity contribution in [2.45, 2.75) is 40.2 Å². The molecule has 0 fully saturated rings. The number of carbonyl (C=O) groups excluding carboxylic acids is 2. The topological polar surface area (TPSA) is 86.7 Å². The molecule has 0 heterocycles. The molecule has 0 aromatic rings. The zero-order chi connectivity index (χ0) is 14.3. The van der Waals surface area contributed by atoms with Crippen LogP contribution in [0.15, 0.2) is 0 Å². The van der Waals surface area contributed by atoms with E-state index < -0.39 is 12.0 Å². The Morgan fingerprint density at radius 1 is 1.28 bits per heavy atom. The maximum atomic E-state index is 12.2. The third kappa shape index (κ3) is 5.65. The molecule has 0 saturated heterocycles. The number of nitrogens with zero attached hydrogens (tertiary/aromatic N) is 1. The highest BCUT2D eigenvalue weighted by molar-refractivity contribution is 5.87. The van der Waals surface area contributed by atoms with Crippen molar-refractivity contribution >= 4 is 17.8 Å². The van der Waals surface area contributed by atoms with Crippen LogP contribution >= 0.6 is 0 Å². The van der Waals surface area contributed by atoms with E-state index in [2.05, 4.69) is 5.32 Å². The van der Waals surface area contributed by atoms with E-state index in [0.717, 1.165) is 0 Å². The van der Waals surface area contributed by atoms with Gasteiger partial charge in [-0.15, -0.1) is 0 Å². The summed E-state index contributed by atoms with van der Waals surface area (Å²) in [5.74, 6) is -1.48. The summed E-state index contributed by atoms with van der Waals surface area (Å²) in [6.07, 6.45) is -0.0928. The van der Waals surface area contributed by atoms with Gasteiger partial charge in [0.25, 0.3) is 0 Å². The van der Waals surface area contributed by atoms with Crippen molar-refractivity contribution in [2.75, 3.05) is 13.1 Å². The normalized spacial score (nSPS) is 12.1. The summed E-state index contributed by atoms with van der Waals surface area (Å²) in [6.45, 7) is 7.40. The first-order valence-corrected chi connectivity index (χ1v) is 6.07. The molecule has 1 unspecified atom stereocenters. The molecule has 2 N–H and O–H groups in total. The Kier molecular flexibility index (Phi) is 7.00. The minimum atomic E-state index is -0.943. The van der Waals surface area contributed by atoms with Crippen LogP contribution in [-0.2, 0) is 14.4 Å². The summed E-state index contributed by atoms with van der Waals surface area (Å²) in [4.78, 5) is 35.2. The van der Waals surface area contributed by atoms with Gasteiger partial charge in [0.2, 0.25) is 11.8 Å². The van der Waals surface area contributed by atoms with E-state index in [0.29, 0.717) is 6.54 Å². The molecule has 0 rings (SSSR count). The molecule has 0 saturated carbocycles. The molecule has 0 aromatic carbocycles. The number of carboxylic acid groups (broad SMARTS) is 1. The van der Waals surface area contributed by atoms with E-state index in [-0.39, 0.29) is 30.7 Å². The van der Waals surface area contributed by atoms with Crippen molar-refractivity contribution in [3.05, 3.63) is 0 Å². The molecule has 2 amide bonds. The number of rotatable bonds is 7. The van der Waals surface area contributed by atoms with Crippen molar-refractivity contribution in [3.63, 3.8) is 0 Å². The van der Waals surface area contributed by atoms with Crippen LogP contribution < -0.4 is 5.32 Å². The Bertz CT molecular complexity index is 315. The van der Waals surface area contributed by atoms with Crippen molar-refractivity contribution in [2.24, 2.45) is 5.92 Å². The average molecular weight is 258 g/mol. The van der Waals surface area contributed by atoms with Gasteiger partial charge in [0.1, 0.15) is 6.04 Å². The zero-order valence-corrected chi connectivity index (χ0v) is 11.4. The molecule has 18 heavy (non-hydrogen) atoms. The fraction of sp³-hybridized carbons (Fsp3) is 0.750. The second-order valence-electron chi connectivity index (χ2n) is 4.48. The highest BCUT2D eigenvalue weighted by atomic mass is 16.4. The smallest absolute Gasteiger partial charge is 0.305 e. The minimum absolute atomic E-state index is 0.0414. The number of likely N-dealkylation sites (N-methyl/N-ethyl adjacent to an activating group) is 1. The molecule has 6 nitrogen and oxygen atoms in total. The van der Waals surface area contributed by atoms with E-state index in [1.54, 1.807) is 6.92 Å². The molecule has 0 aliphatic heterocycles. The molecular formula is C12H22N2O4. The summed E-state index contributed by atoms with van der Waals surface area (Å²) in [7, 11) is 0. The third-order valence-electron chi connectivity index (χ3n) is 2.58. The van der Waals surface area contributed by atoms with Gasteiger partial charge in [0.15, 0.2) is 0 Å². The van der Waals surface area contributed by atoms with Gasteiger partial charge in [-0.1, -0.05) is 13.8 Å². The molecule has 0 aliphatic carbocycles. The Labute approximate surface area is 107 Å². The van der Waals surface area contributed by atoms with Gasteiger partial charge in [-0.25, -0.2) is 0 Å². The van der Waals surface area contributed by atoms with Gasteiger partial charge in [-0.05, 0) is 12.8 Å². The van der Waals surface area contributed by atoms with Gasteiger partial charge in [0, 0.05) is 20.0 Å². The molecule has 0 aromatic heterocycles.